The first-order valence-corrected chi connectivity index (χ1v) is 7.49. The summed E-state index contributed by atoms with van der Waals surface area (Å²) in [5.41, 5.74) is 0.616. The van der Waals surface area contributed by atoms with Crippen LogP contribution in [0, 0.1) is 0 Å². The van der Waals surface area contributed by atoms with Crippen LogP contribution in [-0.4, -0.2) is 44.1 Å². The van der Waals surface area contributed by atoms with Gasteiger partial charge in [0, 0.05) is 12.6 Å². The molecule has 0 aromatic heterocycles. The zero-order valence-corrected chi connectivity index (χ0v) is 12.8. The van der Waals surface area contributed by atoms with Crippen molar-refractivity contribution in [1.82, 2.24) is 10.2 Å². The molecular formula is C17H24N2O2. The second-order valence-corrected chi connectivity index (χ2v) is 5.60. The van der Waals surface area contributed by atoms with Crippen molar-refractivity contribution in [2.24, 2.45) is 0 Å². The van der Waals surface area contributed by atoms with Crippen molar-refractivity contribution >= 4 is 5.91 Å². The topological polar surface area (TPSA) is 41.6 Å². The van der Waals surface area contributed by atoms with Gasteiger partial charge in [0.15, 0.2) is 0 Å². The molecule has 0 heterocycles. The molecule has 1 aromatic carbocycles. The fraction of sp³-hybridized carbons (Fsp3) is 0.471. The number of benzene rings is 1. The number of carbonyl (C=O) groups is 1. The molecular weight excluding hydrogens is 264 g/mol. The van der Waals surface area contributed by atoms with Crippen LogP contribution in [0.2, 0.25) is 0 Å². The van der Waals surface area contributed by atoms with E-state index in [1.807, 2.05) is 38.4 Å². The number of amides is 1. The highest BCUT2D eigenvalue weighted by atomic mass is 16.5. The van der Waals surface area contributed by atoms with Gasteiger partial charge >= 0.3 is 0 Å². The molecule has 0 saturated carbocycles. The maximum atomic E-state index is 12.4. The van der Waals surface area contributed by atoms with E-state index in [2.05, 4.69) is 22.4 Å². The molecule has 0 fully saturated rings. The van der Waals surface area contributed by atoms with Crippen LogP contribution in [0.15, 0.2) is 36.4 Å². The van der Waals surface area contributed by atoms with Crippen LogP contribution in [0.1, 0.15) is 29.6 Å². The third-order valence-corrected chi connectivity index (χ3v) is 3.53. The number of nitrogens with zero attached hydrogens (tertiary/aromatic N) is 1. The molecule has 1 aromatic rings. The quantitative estimate of drug-likeness (QED) is 0.818. The van der Waals surface area contributed by atoms with Crippen LogP contribution in [-0.2, 0) is 0 Å². The first-order chi connectivity index (χ1) is 10.2. The minimum atomic E-state index is -0.0456. The third kappa shape index (κ3) is 4.90. The maximum Gasteiger partial charge on any atom is 0.255 e. The number of rotatable bonds is 6. The molecule has 0 bridgehead atoms. The number of likely N-dealkylation sites (N-methyl/N-ethyl adjacent to an activating group) is 1. The molecule has 1 aliphatic carbocycles. The molecule has 4 nitrogen and oxygen atoms in total. The van der Waals surface area contributed by atoms with Gasteiger partial charge in [-0.3, -0.25) is 4.79 Å². The third-order valence-electron chi connectivity index (χ3n) is 3.53. The van der Waals surface area contributed by atoms with Crippen LogP contribution < -0.4 is 10.1 Å². The van der Waals surface area contributed by atoms with Gasteiger partial charge in [-0.05, 0) is 45.5 Å². The molecule has 4 heteroatoms. The number of hydrogen-bond acceptors (Lipinski definition) is 3. The summed E-state index contributed by atoms with van der Waals surface area (Å²) in [5.74, 6) is 0.610. The van der Waals surface area contributed by atoms with E-state index >= 15 is 0 Å². The molecule has 1 amide bonds. The van der Waals surface area contributed by atoms with Crippen molar-refractivity contribution in [3.63, 3.8) is 0 Å². The van der Waals surface area contributed by atoms with Gasteiger partial charge in [0.05, 0.1) is 5.56 Å². The highest BCUT2D eigenvalue weighted by Gasteiger charge is 2.17. The molecule has 2 rings (SSSR count). The summed E-state index contributed by atoms with van der Waals surface area (Å²) in [6.45, 7) is 1.40. The average molecular weight is 288 g/mol. The molecule has 0 aliphatic heterocycles. The van der Waals surface area contributed by atoms with Gasteiger partial charge in [-0.25, -0.2) is 0 Å². The first kappa shape index (κ1) is 15.6. The Bertz CT molecular complexity index is 497. The first-order valence-electron chi connectivity index (χ1n) is 7.49. The molecule has 0 spiro atoms. The Morgan fingerprint density at radius 2 is 2.14 bits per heavy atom. The van der Waals surface area contributed by atoms with Crippen LogP contribution >= 0.6 is 0 Å². The van der Waals surface area contributed by atoms with E-state index < -0.39 is 0 Å². The predicted molar refractivity (Wildman–Crippen MR) is 84.7 cm³/mol. The minimum absolute atomic E-state index is 0.0456. The van der Waals surface area contributed by atoms with Crippen molar-refractivity contribution in [1.29, 1.82) is 0 Å². The summed E-state index contributed by atoms with van der Waals surface area (Å²) in [4.78, 5) is 14.5. The predicted octanol–water partition coefficient (Wildman–Crippen LogP) is 2.47. The van der Waals surface area contributed by atoms with Crippen LogP contribution in [0.5, 0.6) is 5.75 Å². The van der Waals surface area contributed by atoms with E-state index in [0.29, 0.717) is 17.9 Å². The highest BCUT2D eigenvalue weighted by Crippen LogP contribution is 2.19. The number of para-hydroxylation sites is 1. The fourth-order valence-electron chi connectivity index (χ4n) is 2.31. The zero-order chi connectivity index (χ0) is 15.1. The van der Waals surface area contributed by atoms with Crippen molar-refractivity contribution in [3.05, 3.63) is 42.0 Å². The normalized spacial score (nSPS) is 17.8. The van der Waals surface area contributed by atoms with Crippen LogP contribution in [0.25, 0.3) is 0 Å². The molecule has 1 N–H and O–H groups in total. The van der Waals surface area contributed by atoms with E-state index in [0.717, 1.165) is 25.8 Å². The lowest BCUT2D eigenvalue weighted by molar-refractivity contribution is 0.0930. The molecule has 1 unspecified atom stereocenters. The second-order valence-electron chi connectivity index (χ2n) is 5.60. The highest BCUT2D eigenvalue weighted by molar-refractivity contribution is 5.97. The Morgan fingerprint density at radius 3 is 2.86 bits per heavy atom. The van der Waals surface area contributed by atoms with Gasteiger partial charge in [-0.2, -0.15) is 0 Å². The summed E-state index contributed by atoms with van der Waals surface area (Å²) in [6.07, 6.45) is 7.25. The van der Waals surface area contributed by atoms with Crippen molar-refractivity contribution in [2.75, 3.05) is 27.2 Å². The minimum Gasteiger partial charge on any atom is -0.491 e. The number of ether oxygens (including phenoxy) is 1. The average Bonchev–Trinajstić information content (AvgIpc) is 2.48. The Labute approximate surface area is 126 Å². The molecule has 0 radical (unpaired) electrons. The summed E-state index contributed by atoms with van der Waals surface area (Å²) < 4.78 is 5.74. The van der Waals surface area contributed by atoms with Gasteiger partial charge in [-0.15, -0.1) is 0 Å². The van der Waals surface area contributed by atoms with Gasteiger partial charge in [0.1, 0.15) is 12.4 Å². The van der Waals surface area contributed by atoms with E-state index in [1.54, 1.807) is 0 Å². The summed E-state index contributed by atoms with van der Waals surface area (Å²) in [5, 5.41) is 3.09. The summed E-state index contributed by atoms with van der Waals surface area (Å²) in [7, 11) is 4.00. The Morgan fingerprint density at radius 1 is 1.33 bits per heavy atom. The van der Waals surface area contributed by atoms with E-state index in [1.165, 1.54) is 0 Å². The maximum absolute atomic E-state index is 12.4. The summed E-state index contributed by atoms with van der Waals surface area (Å²) in [6, 6.07) is 7.67. The number of hydrogen-bond donors (Lipinski definition) is 1. The van der Waals surface area contributed by atoms with Crippen molar-refractivity contribution in [3.8, 4) is 5.75 Å². The summed E-state index contributed by atoms with van der Waals surface area (Å²) >= 11 is 0. The van der Waals surface area contributed by atoms with Crippen LogP contribution in [0.3, 0.4) is 0 Å². The van der Waals surface area contributed by atoms with Gasteiger partial charge in [-0.1, -0.05) is 24.3 Å². The standard InChI is InChI=1S/C17H24N2O2/c1-19(2)12-13-21-16-11-7-6-10-15(16)17(20)18-14-8-4-3-5-9-14/h3-4,6-7,10-11,14H,5,8-9,12-13H2,1-2H3,(H,18,20). The van der Waals surface area contributed by atoms with Crippen molar-refractivity contribution in [2.45, 2.75) is 25.3 Å². The van der Waals surface area contributed by atoms with Crippen molar-refractivity contribution < 1.29 is 9.53 Å². The van der Waals surface area contributed by atoms with Gasteiger partial charge in [0.2, 0.25) is 0 Å². The molecule has 0 saturated heterocycles. The lowest BCUT2D eigenvalue weighted by atomic mass is 10.0. The Kier molecular flexibility index (Phi) is 5.81. The zero-order valence-electron chi connectivity index (χ0n) is 12.8. The Balaban J connectivity index is 1.97. The number of allylic oxidation sites excluding steroid dienone is 1. The van der Waals surface area contributed by atoms with Crippen LogP contribution in [0.4, 0.5) is 0 Å². The number of carbonyl (C=O) groups excluding carboxylic acids is 1. The van der Waals surface area contributed by atoms with Gasteiger partial charge in [0.25, 0.3) is 5.91 Å². The van der Waals surface area contributed by atoms with Gasteiger partial charge < -0.3 is 15.0 Å². The largest absolute Gasteiger partial charge is 0.491 e. The SMILES string of the molecule is CN(C)CCOc1ccccc1C(=O)NC1CC=CCC1. The second kappa shape index (κ2) is 7.84. The molecule has 1 aliphatic rings. The molecule has 114 valence electrons. The number of nitrogens with one attached hydrogen (secondary N) is 1. The Hall–Kier alpha value is -1.81. The molecule has 21 heavy (non-hydrogen) atoms. The lowest BCUT2D eigenvalue weighted by Gasteiger charge is -2.20. The molecule has 1 atom stereocenters. The van der Waals surface area contributed by atoms with E-state index in [4.69, 9.17) is 4.74 Å². The monoisotopic (exact) mass is 288 g/mol. The van der Waals surface area contributed by atoms with E-state index in [-0.39, 0.29) is 11.9 Å². The lowest BCUT2D eigenvalue weighted by Crippen LogP contribution is -2.35. The smallest absolute Gasteiger partial charge is 0.255 e. The fourth-order valence-corrected chi connectivity index (χ4v) is 2.31. The van der Waals surface area contributed by atoms with E-state index in [9.17, 15) is 4.79 Å².